The van der Waals surface area contributed by atoms with Crippen LogP contribution in [-0.2, 0) is 27.8 Å². The molecule has 1 fully saturated rings. The smallest absolute Gasteiger partial charge is 0.233 e. The van der Waals surface area contributed by atoms with E-state index in [9.17, 15) is 13.2 Å². The summed E-state index contributed by atoms with van der Waals surface area (Å²) in [4.78, 5) is 17.1. The van der Waals surface area contributed by atoms with E-state index < -0.39 is 15.9 Å². The zero-order valence-corrected chi connectivity index (χ0v) is 22.2. The number of nitrogens with zero attached hydrogens (tertiary/aromatic N) is 1. The highest BCUT2D eigenvalue weighted by Crippen LogP contribution is 2.41. The van der Waals surface area contributed by atoms with Crippen molar-refractivity contribution in [3.63, 3.8) is 0 Å². The molecule has 1 aliphatic rings. The number of carbonyl (C=O) groups excluding carboxylic acids is 1. The predicted octanol–water partition coefficient (Wildman–Crippen LogP) is 5.75. The van der Waals surface area contributed by atoms with E-state index in [-0.39, 0.29) is 18.3 Å². The number of hydrogen-bond donors (Lipinski definition) is 1. The molecule has 3 aromatic rings. The molecule has 0 radical (unpaired) electrons. The molecule has 1 N–H and O–H groups in total. The molecule has 1 amide bonds. The molecular weight excluding hydrogens is 472 g/mol. The number of aromatic nitrogens is 1. The average molecular weight is 509 g/mol. The lowest BCUT2D eigenvalue weighted by Crippen LogP contribution is -2.32. The van der Waals surface area contributed by atoms with Gasteiger partial charge in [-0.15, -0.1) is 0 Å². The molecule has 2 atom stereocenters. The van der Waals surface area contributed by atoms with Crippen LogP contribution >= 0.6 is 0 Å². The van der Waals surface area contributed by atoms with Crippen molar-refractivity contribution in [3.8, 4) is 5.75 Å². The Bertz CT molecular complexity index is 1320. The van der Waals surface area contributed by atoms with E-state index in [1.165, 1.54) is 5.56 Å². The fourth-order valence-electron chi connectivity index (χ4n) is 5.29. The first-order chi connectivity index (χ1) is 17.2. The van der Waals surface area contributed by atoms with Crippen LogP contribution in [0.5, 0.6) is 5.75 Å². The third-order valence-electron chi connectivity index (χ3n) is 6.83. The lowest BCUT2D eigenvalue weighted by molar-refractivity contribution is -0.120. The summed E-state index contributed by atoms with van der Waals surface area (Å²) in [5.74, 6) is 1.26. The minimum Gasteiger partial charge on any atom is -0.487 e. The molecule has 2 aromatic carbocycles. The maximum Gasteiger partial charge on any atom is 0.233 e. The first-order valence-electron chi connectivity index (χ1n) is 12.8. The zero-order valence-electron chi connectivity index (χ0n) is 21.4. The fraction of sp³-hybridized carbons (Fsp3) is 0.448. The van der Waals surface area contributed by atoms with E-state index in [0.29, 0.717) is 12.5 Å². The average Bonchev–Trinajstić information content (AvgIpc) is 2.82. The van der Waals surface area contributed by atoms with Crippen molar-refractivity contribution in [3.05, 3.63) is 71.4 Å². The summed E-state index contributed by atoms with van der Waals surface area (Å²) in [6.45, 7) is 4.79. The molecule has 6 nitrogen and oxygen atoms in total. The van der Waals surface area contributed by atoms with Crippen LogP contribution in [0.4, 0.5) is 0 Å². The topological polar surface area (TPSA) is 85.4 Å². The summed E-state index contributed by atoms with van der Waals surface area (Å²) in [7, 11) is -3.54. The second-order valence-corrected chi connectivity index (χ2v) is 12.2. The largest absolute Gasteiger partial charge is 0.487 e. The number of sulfonamides is 1. The first-order valence-corrected chi connectivity index (χ1v) is 14.7. The second kappa shape index (κ2) is 11.4. The van der Waals surface area contributed by atoms with E-state index in [1.807, 2.05) is 24.3 Å². The molecule has 7 heteroatoms. The summed E-state index contributed by atoms with van der Waals surface area (Å²) in [6.07, 6.45) is 6.23. The number of benzene rings is 2. The summed E-state index contributed by atoms with van der Waals surface area (Å²) in [5, 5.41) is 1.11. The maximum absolute atomic E-state index is 12.4. The molecule has 0 aliphatic heterocycles. The number of ether oxygens (including phenoxy) is 1. The van der Waals surface area contributed by atoms with E-state index in [0.717, 1.165) is 66.3 Å². The minimum atomic E-state index is -3.54. The van der Waals surface area contributed by atoms with Crippen LogP contribution in [0.2, 0.25) is 0 Å². The van der Waals surface area contributed by atoms with Crippen LogP contribution in [-0.4, -0.2) is 25.6 Å². The predicted molar refractivity (Wildman–Crippen MR) is 143 cm³/mol. The van der Waals surface area contributed by atoms with Crippen LogP contribution < -0.4 is 9.46 Å². The van der Waals surface area contributed by atoms with Gasteiger partial charge in [0.25, 0.3) is 0 Å². The molecule has 1 aromatic heterocycles. The van der Waals surface area contributed by atoms with E-state index >= 15 is 0 Å². The van der Waals surface area contributed by atoms with Crippen molar-refractivity contribution >= 4 is 26.8 Å². The van der Waals surface area contributed by atoms with Crippen LogP contribution in [0.1, 0.15) is 68.7 Å². The van der Waals surface area contributed by atoms with Gasteiger partial charge in [0.2, 0.25) is 15.9 Å². The number of rotatable bonds is 9. The molecular formula is C29H36N2O4S. The molecule has 0 spiro atoms. The highest BCUT2D eigenvalue weighted by Gasteiger charge is 2.29. The number of nitrogens with one attached hydrogen (secondary N) is 1. The Morgan fingerprint density at radius 2 is 1.86 bits per heavy atom. The van der Waals surface area contributed by atoms with Gasteiger partial charge in [0.15, 0.2) is 0 Å². The molecule has 0 bridgehead atoms. The molecule has 0 saturated heterocycles. The lowest BCUT2D eigenvalue weighted by Gasteiger charge is -2.32. The van der Waals surface area contributed by atoms with Crippen molar-refractivity contribution in [2.45, 2.75) is 64.9 Å². The molecule has 1 heterocycles. The Hall–Kier alpha value is -2.93. The molecule has 4 rings (SSSR count). The van der Waals surface area contributed by atoms with Gasteiger partial charge in [-0.25, -0.2) is 13.4 Å². The van der Waals surface area contributed by atoms with E-state index in [4.69, 9.17) is 9.72 Å². The maximum atomic E-state index is 12.4. The molecule has 1 saturated carbocycles. The Morgan fingerprint density at radius 3 is 2.64 bits per heavy atom. The van der Waals surface area contributed by atoms with Gasteiger partial charge in [0.05, 0.1) is 17.5 Å². The van der Waals surface area contributed by atoms with Gasteiger partial charge >= 0.3 is 0 Å². The highest BCUT2D eigenvalue weighted by molar-refractivity contribution is 7.89. The lowest BCUT2D eigenvalue weighted by atomic mass is 9.73. The first kappa shape index (κ1) is 26.1. The van der Waals surface area contributed by atoms with Crippen LogP contribution in [0.3, 0.4) is 0 Å². The molecule has 192 valence electrons. The van der Waals surface area contributed by atoms with Crippen molar-refractivity contribution in [1.29, 1.82) is 0 Å². The zero-order chi connectivity index (χ0) is 25.7. The van der Waals surface area contributed by atoms with Gasteiger partial charge < -0.3 is 4.74 Å². The number of pyridine rings is 1. The summed E-state index contributed by atoms with van der Waals surface area (Å²) in [5.41, 5.74) is 4.21. The van der Waals surface area contributed by atoms with Crippen molar-refractivity contribution < 1.29 is 17.9 Å². The molecule has 36 heavy (non-hydrogen) atoms. The Kier molecular flexibility index (Phi) is 8.29. The Morgan fingerprint density at radius 1 is 1.08 bits per heavy atom. The number of amides is 1. The van der Waals surface area contributed by atoms with Gasteiger partial charge in [0, 0.05) is 11.8 Å². The Labute approximate surface area is 214 Å². The summed E-state index contributed by atoms with van der Waals surface area (Å²) in [6, 6.07) is 18.5. The fourth-order valence-corrected chi connectivity index (χ4v) is 5.78. The molecule has 1 aliphatic carbocycles. The monoisotopic (exact) mass is 508 g/mol. The highest BCUT2D eigenvalue weighted by atomic mass is 32.2. The number of carbonyl (C=O) groups is 1. The third-order valence-corrected chi connectivity index (χ3v) is 7.43. The van der Waals surface area contributed by atoms with Gasteiger partial charge in [0.1, 0.15) is 12.4 Å². The van der Waals surface area contributed by atoms with Crippen molar-refractivity contribution in [2.75, 3.05) is 6.26 Å². The van der Waals surface area contributed by atoms with Crippen molar-refractivity contribution in [2.24, 2.45) is 11.8 Å². The van der Waals surface area contributed by atoms with Crippen molar-refractivity contribution in [1.82, 2.24) is 9.71 Å². The quantitative estimate of drug-likeness (QED) is 0.398. The van der Waals surface area contributed by atoms with Crippen LogP contribution in [0.15, 0.2) is 54.6 Å². The van der Waals surface area contributed by atoms with Gasteiger partial charge in [-0.1, -0.05) is 63.1 Å². The summed E-state index contributed by atoms with van der Waals surface area (Å²) >= 11 is 0. The Balaban J connectivity index is 1.53. The SMILES string of the molecule is CC(C)Cc1cc(C2CCCCC2CC(=O)NS(C)(=O)=O)ccc1OCc1ccc2ccccc2n1. The summed E-state index contributed by atoms with van der Waals surface area (Å²) < 4.78 is 31.4. The molecule has 2 unspecified atom stereocenters. The normalized spacial score (nSPS) is 18.3. The third kappa shape index (κ3) is 7.06. The minimum absolute atomic E-state index is 0.126. The number of hydrogen-bond acceptors (Lipinski definition) is 5. The second-order valence-electron chi connectivity index (χ2n) is 10.4. The van der Waals surface area contributed by atoms with Crippen LogP contribution in [0.25, 0.3) is 10.9 Å². The van der Waals surface area contributed by atoms with Gasteiger partial charge in [-0.2, -0.15) is 0 Å². The number of fused-ring (bicyclic) bond motifs is 1. The standard InChI is InChI=1S/C29H36N2O4S/c1-20(2)16-24-17-23(26-10-6-4-9-22(26)18-29(32)31-36(3,33)34)13-15-28(24)35-19-25-14-12-21-8-5-7-11-27(21)30-25/h5,7-8,11-15,17,20,22,26H,4,6,9-10,16,18-19H2,1-3H3,(H,31,32). The van der Waals surface area contributed by atoms with E-state index in [1.54, 1.807) is 0 Å². The van der Waals surface area contributed by atoms with Crippen LogP contribution in [0, 0.1) is 11.8 Å². The van der Waals surface area contributed by atoms with E-state index in [2.05, 4.69) is 48.9 Å². The van der Waals surface area contributed by atoms with Gasteiger partial charge in [-0.05, 0) is 66.3 Å². The number of para-hydroxylation sites is 1. The van der Waals surface area contributed by atoms with Gasteiger partial charge in [-0.3, -0.25) is 9.52 Å².